The van der Waals surface area contributed by atoms with Gasteiger partial charge in [0.25, 0.3) is 0 Å². The van der Waals surface area contributed by atoms with Gasteiger partial charge in [0.2, 0.25) is 0 Å². The number of hydrogen-bond acceptors (Lipinski definition) is 3. The Morgan fingerprint density at radius 1 is 1.25 bits per heavy atom. The Bertz CT molecular complexity index is 592. The highest BCUT2D eigenvalue weighted by atomic mass is 79.9. The van der Waals surface area contributed by atoms with E-state index in [4.69, 9.17) is 17.4 Å². The Hall–Kier alpha value is -0.400. The van der Waals surface area contributed by atoms with E-state index in [1.807, 2.05) is 22.9 Å². The maximum atomic E-state index is 6.29. The molecule has 1 aromatic heterocycles. The molecule has 1 heterocycles. The molecule has 108 valence electrons. The van der Waals surface area contributed by atoms with Crippen LogP contribution in [0, 0.1) is 0 Å². The second-order valence-corrected chi connectivity index (χ2v) is 6.96. The van der Waals surface area contributed by atoms with Crippen molar-refractivity contribution in [3.05, 3.63) is 49.6 Å². The van der Waals surface area contributed by atoms with Crippen LogP contribution >= 0.6 is 43.5 Å². The van der Waals surface area contributed by atoms with E-state index >= 15 is 0 Å². The van der Waals surface area contributed by atoms with Gasteiger partial charge in [0.1, 0.15) is 0 Å². The molecule has 1 atom stereocenters. The molecule has 0 saturated heterocycles. The highest BCUT2D eigenvalue weighted by Crippen LogP contribution is 2.32. The highest BCUT2D eigenvalue weighted by molar-refractivity contribution is 9.11. The molecule has 1 aromatic carbocycles. The lowest BCUT2D eigenvalue weighted by atomic mass is 10.0. The predicted octanol–water partition coefficient (Wildman–Crippen LogP) is 4.20. The SMILES string of the molecule is CC(C)n1ncc(Cl)c1C(NN)c1cc(Br)cc(Br)c1. The zero-order chi connectivity index (χ0) is 14.9. The summed E-state index contributed by atoms with van der Waals surface area (Å²) in [4.78, 5) is 0. The molecule has 4 nitrogen and oxygen atoms in total. The fraction of sp³-hybridized carbons (Fsp3) is 0.308. The van der Waals surface area contributed by atoms with Gasteiger partial charge in [-0.05, 0) is 37.6 Å². The molecule has 1 unspecified atom stereocenters. The number of hydrogen-bond donors (Lipinski definition) is 2. The zero-order valence-corrected chi connectivity index (χ0v) is 15.0. The van der Waals surface area contributed by atoms with Crippen molar-refractivity contribution in [1.82, 2.24) is 15.2 Å². The van der Waals surface area contributed by atoms with Gasteiger partial charge in [-0.1, -0.05) is 43.5 Å². The van der Waals surface area contributed by atoms with Gasteiger partial charge in [0, 0.05) is 15.0 Å². The Morgan fingerprint density at radius 2 is 1.85 bits per heavy atom. The second kappa shape index (κ2) is 6.58. The highest BCUT2D eigenvalue weighted by Gasteiger charge is 2.23. The molecule has 0 aliphatic carbocycles. The summed E-state index contributed by atoms with van der Waals surface area (Å²) in [6, 6.07) is 5.94. The maximum absolute atomic E-state index is 6.29. The summed E-state index contributed by atoms with van der Waals surface area (Å²) >= 11 is 13.3. The normalized spacial score (nSPS) is 12.9. The lowest BCUT2D eigenvalue weighted by Gasteiger charge is -2.21. The van der Waals surface area contributed by atoms with Crippen LogP contribution in [0.3, 0.4) is 0 Å². The number of rotatable bonds is 4. The largest absolute Gasteiger partial charge is 0.271 e. The van der Waals surface area contributed by atoms with E-state index in [0.717, 1.165) is 20.2 Å². The summed E-state index contributed by atoms with van der Waals surface area (Å²) < 4.78 is 3.81. The van der Waals surface area contributed by atoms with Crippen molar-refractivity contribution in [2.24, 2.45) is 5.84 Å². The van der Waals surface area contributed by atoms with Gasteiger partial charge in [-0.15, -0.1) is 0 Å². The van der Waals surface area contributed by atoms with Crippen LogP contribution in [0.5, 0.6) is 0 Å². The number of nitrogens with two attached hydrogens (primary N) is 1. The van der Waals surface area contributed by atoms with Crippen LogP contribution in [0.2, 0.25) is 5.02 Å². The predicted molar refractivity (Wildman–Crippen MR) is 88.6 cm³/mol. The molecule has 2 aromatic rings. The third kappa shape index (κ3) is 3.26. The van der Waals surface area contributed by atoms with E-state index in [0.29, 0.717) is 5.02 Å². The Labute approximate surface area is 139 Å². The minimum absolute atomic E-state index is 0.198. The molecule has 20 heavy (non-hydrogen) atoms. The molecule has 3 N–H and O–H groups in total. The number of hydrazine groups is 1. The first-order valence-electron chi connectivity index (χ1n) is 6.09. The molecule has 0 amide bonds. The van der Waals surface area contributed by atoms with Crippen LogP contribution in [-0.4, -0.2) is 9.78 Å². The maximum Gasteiger partial charge on any atom is 0.0894 e. The van der Waals surface area contributed by atoms with Gasteiger partial charge in [-0.25, -0.2) is 5.43 Å². The van der Waals surface area contributed by atoms with Crippen molar-refractivity contribution in [3.8, 4) is 0 Å². The van der Waals surface area contributed by atoms with E-state index in [9.17, 15) is 0 Å². The standard InChI is InChI=1S/C13H15Br2ClN4/c1-7(2)20-13(11(16)6-18-20)12(19-17)8-3-9(14)5-10(15)4-8/h3-7,12,19H,17H2,1-2H3. The van der Waals surface area contributed by atoms with Gasteiger partial charge in [0.15, 0.2) is 0 Å². The zero-order valence-electron chi connectivity index (χ0n) is 11.1. The Balaban J connectivity index is 2.55. The van der Waals surface area contributed by atoms with Crippen molar-refractivity contribution < 1.29 is 0 Å². The Kier molecular flexibility index (Phi) is 5.25. The third-order valence-corrected chi connectivity index (χ3v) is 4.14. The summed E-state index contributed by atoms with van der Waals surface area (Å²) in [6.45, 7) is 4.11. The molecule has 7 heteroatoms. The first-order chi connectivity index (χ1) is 9.43. The van der Waals surface area contributed by atoms with Crippen molar-refractivity contribution in [3.63, 3.8) is 0 Å². The topological polar surface area (TPSA) is 55.9 Å². The molecule has 0 aliphatic rings. The smallest absolute Gasteiger partial charge is 0.0894 e. The summed E-state index contributed by atoms with van der Waals surface area (Å²) in [5.41, 5.74) is 4.68. The molecule has 0 bridgehead atoms. The fourth-order valence-corrected chi connectivity index (χ4v) is 3.68. The summed E-state index contributed by atoms with van der Waals surface area (Å²) in [7, 11) is 0. The van der Waals surface area contributed by atoms with Crippen LogP contribution < -0.4 is 11.3 Å². The number of aromatic nitrogens is 2. The molecular formula is C13H15Br2ClN4. The molecule has 2 rings (SSSR count). The number of benzene rings is 1. The molecule has 0 aliphatic heterocycles. The third-order valence-electron chi connectivity index (χ3n) is 2.93. The average Bonchev–Trinajstić information content (AvgIpc) is 2.72. The summed E-state index contributed by atoms with van der Waals surface area (Å²) in [5, 5.41) is 4.92. The van der Waals surface area contributed by atoms with Crippen LogP contribution in [-0.2, 0) is 0 Å². The molecule has 0 radical (unpaired) electrons. The van der Waals surface area contributed by atoms with E-state index in [2.05, 4.69) is 56.2 Å². The minimum Gasteiger partial charge on any atom is -0.271 e. The molecule has 0 fully saturated rings. The molecular weight excluding hydrogens is 407 g/mol. The monoisotopic (exact) mass is 420 g/mol. The Morgan fingerprint density at radius 3 is 2.35 bits per heavy atom. The lowest BCUT2D eigenvalue weighted by Crippen LogP contribution is -2.31. The van der Waals surface area contributed by atoms with Gasteiger partial charge in [0.05, 0.1) is 23.0 Å². The summed E-state index contributed by atoms with van der Waals surface area (Å²) in [5.74, 6) is 5.75. The first kappa shape index (κ1) is 16.0. The van der Waals surface area contributed by atoms with Gasteiger partial charge in [-0.2, -0.15) is 5.10 Å². The van der Waals surface area contributed by atoms with Gasteiger partial charge < -0.3 is 0 Å². The lowest BCUT2D eigenvalue weighted by molar-refractivity contribution is 0.476. The summed E-state index contributed by atoms with van der Waals surface area (Å²) in [6.07, 6.45) is 1.65. The molecule has 0 saturated carbocycles. The van der Waals surface area contributed by atoms with Crippen molar-refractivity contribution >= 4 is 43.5 Å². The average molecular weight is 423 g/mol. The second-order valence-electron chi connectivity index (χ2n) is 4.72. The van der Waals surface area contributed by atoms with Crippen molar-refractivity contribution in [2.75, 3.05) is 0 Å². The van der Waals surface area contributed by atoms with Crippen LogP contribution in [0.4, 0.5) is 0 Å². The van der Waals surface area contributed by atoms with Gasteiger partial charge in [-0.3, -0.25) is 10.5 Å². The van der Waals surface area contributed by atoms with E-state index in [1.54, 1.807) is 6.20 Å². The number of nitrogens with one attached hydrogen (secondary N) is 1. The van der Waals surface area contributed by atoms with Crippen LogP contribution in [0.15, 0.2) is 33.3 Å². The number of halogens is 3. The van der Waals surface area contributed by atoms with Gasteiger partial charge >= 0.3 is 0 Å². The van der Waals surface area contributed by atoms with Crippen LogP contribution in [0.1, 0.15) is 37.2 Å². The first-order valence-corrected chi connectivity index (χ1v) is 8.05. The fourth-order valence-electron chi connectivity index (χ4n) is 2.11. The van der Waals surface area contributed by atoms with E-state index < -0.39 is 0 Å². The molecule has 0 spiro atoms. The van der Waals surface area contributed by atoms with E-state index in [1.165, 1.54) is 0 Å². The van der Waals surface area contributed by atoms with Crippen LogP contribution in [0.25, 0.3) is 0 Å². The van der Waals surface area contributed by atoms with E-state index in [-0.39, 0.29) is 12.1 Å². The van der Waals surface area contributed by atoms with Crippen molar-refractivity contribution in [1.29, 1.82) is 0 Å². The van der Waals surface area contributed by atoms with Crippen molar-refractivity contribution in [2.45, 2.75) is 25.9 Å². The quantitative estimate of drug-likeness (QED) is 0.574. The minimum atomic E-state index is -0.235. The number of nitrogens with zero attached hydrogens (tertiary/aromatic N) is 2.